The van der Waals surface area contributed by atoms with Crippen molar-refractivity contribution in [2.45, 2.75) is 39.2 Å². The first-order chi connectivity index (χ1) is 8.44. The van der Waals surface area contributed by atoms with E-state index >= 15 is 0 Å². The maximum atomic E-state index is 10.4. The Kier molecular flexibility index (Phi) is 7.97. The number of carbonyl (C=O) groups excluding carboxylic acids is 2. The van der Waals surface area contributed by atoms with Crippen LogP contribution in [0.15, 0.2) is 0 Å². The number of piperidine rings is 1. The Hall–Kier alpha value is -1.41. The van der Waals surface area contributed by atoms with Gasteiger partial charge < -0.3 is 14.8 Å². The van der Waals surface area contributed by atoms with Crippen molar-refractivity contribution in [3.8, 4) is 6.07 Å². The van der Waals surface area contributed by atoms with E-state index in [1.165, 1.54) is 0 Å². The predicted octanol–water partition coefficient (Wildman–Crippen LogP) is 1.28. The fourth-order valence-corrected chi connectivity index (χ4v) is 1.58. The van der Waals surface area contributed by atoms with E-state index in [1.54, 1.807) is 0 Å². The highest BCUT2D eigenvalue weighted by atomic mass is 16.5. The van der Waals surface area contributed by atoms with Gasteiger partial charge >= 0.3 is 0 Å². The summed E-state index contributed by atoms with van der Waals surface area (Å²) in [5, 5.41) is 11.7. The van der Waals surface area contributed by atoms with E-state index in [1.807, 2.05) is 26.8 Å². The van der Waals surface area contributed by atoms with Crippen LogP contribution in [0, 0.1) is 23.2 Å². The van der Waals surface area contributed by atoms with Gasteiger partial charge in [0.15, 0.2) is 0 Å². The van der Waals surface area contributed by atoms with Gasteiger partial charge in [-0.2, -0.15) is 5.26 Å². The standard InChI is InChI=1S/C8H12N2O.C5H10O2/c9-4-8(6-11)7-2-1-3-10-5-7;1-5(2,3)7-4-6/h6-8,10H,1-3,5H2;4H,1-3H3. The molecule has 1 aliphatic rings. The average Bonchev–Trinajstić information content (AvgIpc) is 2.31. The van der Waals surface area contributed by atoms with Gasteiger partial charge in [0, 0.05) is 0 Å². The lowest BCUT2D eigenvalue weighted by atomic mass is 9.88. The molecule has 0 bridgehead atoms. The van der Waals surface area contributed by atoms with Gasteiger partial charge in [-0.25, -0.2) is 0 Å². The van der Waals surface area contributed by atoms with Crippen molar-refractivity contribution in [3.63, 3.8) is 0 Å². The molecule has 0 aromatic heterocycles. The maximum absolute atomic E-state index is 10.4. The Morgan fingerprint density at radius 2 is 2.11 bits per heavy atom. The lowest BCUT2D eigenvalue weighted by Crippen LogP contribution is -2.34. The molecule has 0 aliphatic carbocycles. The Morgan fingerprint density at radius 1 is 1.44 bits per heavy atom. The zero-order chi connectivity index (χ0) is 14.0. The molecule has 18 heavy (non-hydrogen) atoms. The van der Waals surface area contributed by atoms with Crippen LogP contribution in [0.5, 0.6) is 0 Å². The quantitative estimate of drug-likeness (QED) is 0.767. The highest BCUT2D eigenvalue weighted by molar-refractivity contribution is 5.58. The van der Waals surface area contributed by atoms with Crippen LogP contribution in [-0.4, -0.2) is 31.4 Å². The first-order valence-corrected chi connectivity index (χ1v) is 6.11. The molecule has 0 amide bonds. The molecule has 0 aromatic carbocycles. The molecule has 5 heteroatoms. The first kappa shape index (κ1) is 16.6. The van der Waals surface area contributed by atoms with E-state index in [2.05, 4.69) is 10.1 Å². The lowest BCUT2D eigenvalue weighted by molar-refractivity contribution is -0.138. The molecule has 0 radical (unpaired) electrons. The molecule has 1 heterocycles. The second kappa shape index (κ2) is 8.65. The summed E-state index contributed by atoms with van der Waals surface area (Å²) in [5.41, 5.74) is -0.318. The Labute approximate surface area is 108 Å². The second-order valence-corrected chi connectivity index (χ2v) is 5.22. The largest absolute Gasteiger partial charge is 0.462 e. The van der Waals surface area contributed by atoms with Crippen LogP contribution in [0.2, 0.25) is 0 Å². The van der Waals surface area contributed by atoms with Gasteiger partial charge in [-0.15, -0.1) is 0 Å². The number of aldehydes is 1. The third-order valence-electron chi connectivity index (χ3n) is 2.54. The second-order valence-electron chi connectivity index (χ2n) is 5.22. The topological polar surface area (TPSA) is 79.2 Å². The molecule has 1 saturated heterocycles. The van der Waals surface area contributed by atoms with Gasteiger partial charge in [-0.05, 0) is 52.6 Å². The number of nitrogens with one attached hydrogen (secondary N) is 1. The van der Waals surface area contributed by atoms with Crippen molar-refractivity contribution < 1.29 is 14.3 Å². The van der Waals surface area contributed by atoms with Gasteiger partial charge in [0.1, 0.15) is 17.8 Å². The molecular formula is C13H22N2O3. The van der Waals surface area contributed by atoms with Crippen molar-refractivity contribution in [3.05, 3.63) is 0 Å². The van der Waals surface area contributed by atoms with Crippen LogP contribution < -0.4 is 5.32 Å². The summed E-state index contributed by atoms with van der Waals surface area (Å²) in [6, 6.07) is 2.01. The van der Waals surface area contributed by atoms with E-state index in [0.717, 1.165) is 32.2 Å². The Bertz CT molecular complexity index is 286. The maximum Gasteiger partial charge on any atom is 0.293 e. The van der Waals surface area contributed by atoms with Crippen molar-refractivity contribution in [1.29, 1.82) is 5.26 Å². The lowest BCUT2D eigenvalue weighted by Gasteiger charge is -2.23. The van der Waals surface area contributed by atoms with E-state index in [-0.39, 0.29) is 11.5 Å². The van der Waals surface area contributed by atoms with Crippen molar-refractivity contribution in [2.24, 2.45) is 11.8 Å². The van der Waals surface area contributed by atoms with Crippen LogP contribution in [-0.2, 0) is 14.3 Å². The van der Waals surface area contributed by atoms with Crippen LogP contribution in [0.3, 0.4) is 0 Å². The average molecular weight is 254 g/mol. The van der Waals surface area contributed by atoms with E-state index in [4.69, 9.17) is 5.26 Å². The summed E-state index contributed by atoms with van der Waals surface area (Å²) in [7, 11) is 0. The molecule has 0 saturated carbocycles. The molecule has 1 aliphatic heterocycles. The number of hydrogen-bond donors (Lipinski definition) is 1. The van der Waals surface area contributed by atoms with Gasteiger partial charge in [-0.1, -0.05) is 0 Å². The van der Waals surface area contributed by atoms with Gasteiger partial charge in [0.25, 0.3) is 6.47 Å². The number of nitrogens with zero attached hydrogens (tertiary/aromatic N) is 1. The molecule has 5 nitrogen and oxygen atoms in total. The SMILES string of the molecule is CC(C)(C)OC=O.N#CC(C=O)C1CCCNC1. The summed E-state index contributed by atoms with van der Waals surface area (Å²) in [4.78, 5) is 20.0. The summed E-state index contributed by atoms with van der Waals surface area (Å²) >= 11 is 0. The fourth-order valence-electron chi connectivity index (χ4n) is 1.58. The molecular weight excluding hydrogens is 232 g/mol. The van der Waals surface area contributed by atoms with E-state index in [9.17, 15) is 9.59 Å². The summed E-state index contributed by atoms with van der Waals surface area (Å²) in [5.74, 6) is -0.158. The summed E-state index contributed by atoms with van der Waals surface area (Å²) in [6.07, 6.45) is 2.85. The minimum absolute atomic E-state index is 0.242. The van der Waals surface area contributed by atoms with Crippen LogP contribution in [0.25, 0.3) is 0 Å². The summed E-state index contributed by atoms with van der Waals surface area (Å²) < 4.78 is 4.55. The van der Waals surface area contributed by atoms with Crippen molar-refractivity contribution >= 4 is 12.8 Å². The minimum atomic E-state index is -0.400. The normalized spacial score (nSPS) is 20.7. The van der Waals surface area contributed by atoms with Gasteiger partial charge in [0.2, 0.25) is 0 Å². The minimum Gasteiger partial charge on any atom is -0.462 e. The van der Waals surface area contributed by atoms with Crippen molar-refractivity contribution in [1.82, 2.24) is 5.32 Å². The highest BCUT2D eigenvalue weighted by Gasteiger charge is 2.22. The fraction of sp³-hybridized carbons (Fsp3) is 0.769. The molecule has 1 N–H and O–H groups in total. The molecule has 102 valence electrons. The number of hydrogen-bond acceptors (Lipinski definition) is 5. The molecule has 1 fully saturated rings. The van der Waals surface area contributed by atoms with Gasteiger partial charge in [0.05, 0.1) is 6.07 Å². The van der Waals surface area contributed by atoms with Crippen LogP contribution in [0.1, 0.15) is 33.6 Å². The molecule has 2 unspecified atom stereocenters. The molecule has 1 rings (SSSR count). The third-order valence-corrected chi connectivity index (χ3v) is 2.54. The Balaban J connectivity index is 0.000000360. The highest BCUT2D eigenvalue weighted by Crippen LogP contribution is 2.17. The molecule has 0 spiro atoms. The van der Waals surface area contributed by atoms with Crippen LogP contribution in [0.4, 0.5) is 0 Å². The van der Waals surface area contributed by atoms with E-state index < -0.39 is 5.92 Å². The number of rotatable bonds is 3. The zero-order valence-corrected chi connectivity index (χ0v) is 11.3. The third kappa shape index (κ3) is 7.80. The molecule has 0 aromatic rings. The van der Waals surface area contributed by atoms with Crippen molar-refractivity contribution in [2.75, 3.05) is 13.1 Å². The Morgan fingerprint density at radius 3 is 2.39 bits per heavy atom. The van der Waals surface area contributed by atoms with Gasteiger partial charge in [-0.3, -0.25) is 4.79 Å². The number of nitriles is 1. The number of ether oxygens (including phenoxy) is 1. The first-order valence-electron chi connectivity index (χ1n) is 6.11. The number of carbonyl (C=O) groups is 2. The summed E-state index contributed by atoms with van der Waals surface area (Å²) in [6.45, 7) is 7.76. The molecule has 2 atom stereocenters. The van der Waals surface area contributed by atoms with Crippen LogP contribution >= 0.6 is 0 Å². The smallest absolute Gasteiger partial charge is 0.293 e. The van der Waals surface area contributed by atoms with E-state index in [0.29, 0.717) is 6.47 Å². The zero-order valence-electron chi connectivity index (χ0n) is 11.3. The predicted molar refractivity (Wildman–Crippen MR) is 67.7 cm³/mol. The monoisotopic (exact) mass is 254 g/mol.